The maximum atomic E-state index is 13.2. The minimum absolute atomic E-state index is 0.108. The first-order valence-corrected chi connectivity index (χ1v) is 49.6. The summed E-state index contributed by atoms with van der Waals surface area (Å²) in [7, 11) is -9.93. The second-order valence-electron chi connectivity index (χ2n) is 32.8. The molecule has 0 aromatic rings. The summed E-state index contributed by atoms with van der Waals surface area (Å²) in [5.41, 5.74) is 0. The van der Waals surface area contributed by atoms with Crippen molar-refractivity contribution < 1.29 is 80.2 Å². The summed E-state index contributed by atoms with van der Waals surface area (Å²) in [4.78, 5) is 73.3. The molecule has 3 N–H and O–H groups in total. The smallest absolute Gasteiger partial charge is 0.462 e. The summed E-state index contributed by atoms with van der Waals surface area (Å²) in [5.74, 6) is -0.380. The highest BCUT2D eigenvalue weighted by molar-refractivity contribution is 7.47. The molecule has 0 aliphatic rings. The zero-order valence-corrected chi connectivity index (χ0v) is 73.7. The Hall–Kier alpha value is -1.94. The number of aliphatic hydroxyl groups excluding tert-OH is 1. The van der Waals surface area contributed by atoms with Gasteiger partial charge in [-0.3, -0.25) is 37.3 Å². The molecule has 19 heteroatoms. The number of esters is 4. The molecule has 0 radical (unpaired) electrons. The highest BCUT2D eigenvalue weighted by Crippen LogP contribution is 2.45. The van der Waals surface area contributed by atoms with Crippen LogP contribution in [0.15, 0.2) is 0 Å². The van der Waals surface area contributed by atoms with Gasteiger partial charge in [-0.25, -0.2) is 9.13 Å². The summed E-state index contributed by atoms with van der Waals surface area (Å²) in [6, 6.07) is 0. The Labute approximate surface area is 670 Å². The molecule has 0 spiro atoms. The van der Waals surface area contributed by atoms with E-state index < -0.39 is 97.5 Å². The van der Waals surface area contributed by atoms with E-state index in [1.165, 1.54) is 302 Å². The van der Waals surface area contributed by atoms with Crippen molar-refractivity contribution in [2.24, 2.45) is 11.8 Å². The molecule has 0 rings (SSSR count). The highest BCUT2D eigenvalue weighted by atomic mass is 31.2. The zero-order chi connectivity index (χ0) is 79.9. The van der Waals surface area contributed by atoms with E-state index in [9.17, 15) is 43.2 Å². The molecule has 109 heavy (non-hydrogen) atoms. The Morgan fingerprint density at radius 1 is 0.257 bits per heavy atom. The molecule has 0 saturated carbocycles. The van der Waals surface area contributed by atoms with Gasteiger partial charge in [0.15, 0.2) is 12.2 Å². The van der Waals surface area contributed by atoms with Gasteiger partial charge in [-0.15, -0.1) is 0 Å². The van der Waals surface area contributed by atoms with Gasteiger partial charge in [0, 0.05) is 25.7 Å². The fourth-order valence-electron chi connectivity index (χ4n) is 14.1. The molecule has 0 saturated heterocycles. The molecule has 0 aliphatic carbocycles. The van der Waals surface area contributed by atoms with Crippen molar-refractivity contribution in [3.8, 4) is 0 Å². The van der Waals surface area contributed by atoms with Gasteiger partial charge in [-0.1, -0.05) is 433 Å². The highest BCUT2D eigenvalue weighted by Gasteiger charge is 2.31. The number of unbranched alkanes of at least 4 members (excludes halogenated alkanes) is 57. The molecule has 4 unspecified atom stereocenters. The number of ether oxygens (including phenoxy) is 4. The minimum atomic E-state index is -4.97. The number of hydrogen-bond acceptors (Lipinski definition) is 15. The van der Waals surface area contributed by atoms with Gasteiger partial charge in [0.25, 0.3) is 0 Å². The van der Waals surface area contributed by atoms with Gasteiger partial charge >= 0.3 is 39.5 Å². The van der Waals surface area contributed by atoms with Crippen LogP contribution in [0.1, 0.15) is 485 Å². The lowest BCUT2D eigenvalue weighted by Gasteiger charge is -2.21. The zero-order valence-electron chi connectivity index (χ0n) is 71.9. The molecule has 0 aromatic heterocycles. The predicted octanol–water partition coefficient (Wildman–Crippen LogP) is 27.8. The molecule has 0 aliphatic heterocycles. The quantitative estimate of drug-likeness (QED) is 0.0222. The average Bonchev–Trinajstić information content (AvgIpc) is 0.895. The summed E-state index contributed by atoms with van der Waals surface area (Å²) >= 11 is 0. The van der Waals surface area contributed by atoms with Crippen molar-refractivity contribution in [3.63, 3.8) is 0 Å². The van der Waals surface area contributed by atoms with Gasteiger partial charge in [-0.05, 0) is 37.5 Å². The summed E-state index contributed by atoms with van der Waals surface area (Å²) in [6.07, 6.45) is 74.9. The van der Waals surface area contributed by atoms with Gasteiger partial charge in [0.2, 0.25) is 0 Å². The van der Waals surface area contributed by atoms with Crippen LogP contribution in [0.4, 0.5) is 0 Å². The molecule has 0 fully saturated rings. The summed E-state index contributed by atoms with van der Waals surface area (Å²) in [5, 5.41) is 10.7. The third-order valence-electron chi connectivity index (χ3n) is 21.9. The first-order chi connectivity index (χ1) is 52.9. The number of carbonyl (C=O) groups is 4. The molecule has 7 atom stereocenters. The Kier molecular flexibility index (Phi) is 79.8. The van der Waals surface area contributed by atoms with Crippen molar-refractivity contribution in [2.75, 3.05) is 39.6 Å². The Balaban J connectivity index is 5.22. The van der Waals surface area contributed by atoms with E-state index in [1.807, 2.05) is 0 Å². The first kappa shape index (κ1) is 107. The number of hydrogen-bond donors (Lipinski definition) is 3. The van der Waals surface area contributed by atoms with Crippen molar-refractivity contribution >= 4 is 39.5 Å². The molecular formula is C90H176O17P2. The summed E-state index contributed by atoms with van der Waals surface area (Å²) in [6.45, 7) is 9.81. The standard InChI is InChI=1S/C90H176O17P2/c1-7-11-13-15-17-19-21-22-23-24-25-29-32-38-43-49-55-61-67-73-88(93)101-79-86(107-89(94)74-68-62-56-50-44-39-33-30-27-26-28-31-36-41-46-52-58-64-70-82(5)9-3)81-105-109(98,99)103-77-84(91)76-102-108(96,97)104-80-85(78-100-87(92)72-66-60-54-48-20-18-16-14-12-8-2)106-90(95)75-69-63-57-51-45-40-35-34-37-42-47-53-59-65-71-83(6)10-4/h82-86,91H,7-81H2,1-6H3,(H,96,97)(H,98,99)/t82?,83?,84-,85+,86+/m0/s1. The van der Waals surface area contributed by atoms with E-state index in [0.29, 0.717) is 25.7 Å². The Morgan fingerprint density at radius 2 is 0.440 bits per heavy atom. The summed E-state index contributed by atoms with van der Waals surface area (Å²) < 4.78 is 69.0. The van der Waals surface area contributed by atoms with Crippen molar-refractivity contribution in [1.29, 1.82) is 0 Å². The molecule has 648 valence electrons. The van der Waals surface area contributed by atoms with Crippen LogP contribution in [0.25, 0.3) is 0 Å². The van der Waals surface area contributed by atoms with E-state index in [0.717, 1.165) is 102 Å². The van der Waals surface area contributed by atoms with Gasteiger partial charge in [-0.2, -0.15) is 0 Å². The Morgan fingerprint density at radius 3 is 0.651 bits per heavy atom. The number of aliphatic hydroxyl groups is 1. The van der Waals surface area contributed by atoms with E-state index in [4.69, 9.17) is 37.0 Å². The van der Waals surface area contributed by atoms with E-state index in [1.54, 1.807) is 0 Å². The van der Waals surface area contributed by atoms with Crippen LogP contribution >= 0.6 is 15.6 Å². The van der Waals surface area contributed by atoms with Crippen LogP contribution in [-0.2, 0) is 65.4 Å². The molecule has 0 aromatic carbocycles. The van der Waals surface area contributed by atoms with E-state index in [2.05, 4.69) is 41.5 Å². The topological polar surface area (TPSA) is 237 Å². The predicted molar refractivity (Wildman–Crippen MR) is 451 cm³/mol. The first-order valence-electron chi connectivity index (χ1n) is 46.6. The molecule has 0 amide bonds. The SMILES string of the molecule is CCCCCCCCCCCCCCCCCCCCCC(=O)OC[C@H](COP(=O)(O)OC[C@@H](O)COP(=O)(O)OC[C@@H](COC(=O)CCCCCCCCCCCC)OC(=O)CCCCCCCCCCCCCCCCC(C)CC)OC(=O)CCCCCCCCCCCCCCCCCCCCC(C)CC. The monoisotopic (exact) mass is 1590 g/mol. The second-order valence-corrected chi connectivity index (χ2v) is 35.7. The number of phosphoric ester groups is 2. The minimum Gasteiger partial charge on any atom is -0.462 e. The normalized spacial score (nSPS) is 14.2. The molecule has 0 bridgehead atoms. The lowest BCUT2D eigenvalue weighted by molar-refractivity contribution is -0.161. The fraction of sp³-hybridized carbons (Fsp3) is 0.956. The van der Waals surface area contributed by atoms with Crippen molar-refractivity contribution in [2.45, 2.75) is 503 Å². The van der Waals surface area contributed by atoms with Gasteiger partial charge < -0.3 is 33.8 Å². The lowest BCUT2D eigenvalue weighted by atomic mass is 9.99. The Bertz CT molecular complexity index is 2080. The number of carbonyl (C=O) groups excluding carboxylic acids is 4. The largest absolute Gasteiger partial charge is 0.472 e. The van der Waals surface area contributed by atoms with Crippen LogP contribution in [-0.4, -0.2) is 96.7 Å². The van der Waals surface area contributed by atoms with Crippen LogP contribution in [0.5, 0.6) is 0 Å². The third kappa shape index (κ3) is 81.0. The van der Waals surface area contributed by atoms with Crippen LogP contribution < -0.4 is 0 Å². The van der Waals surface area contributed by atoms with Crippen molar-refractivity contribution in [1.82, 2.24) is 0 Å². The van der Waals surface area contributed by atoms with E-state index >= 15 is 0 Å². The van der Waals surface area contributed by atoms with Gasteiger partial charge in [0.05, 0.1) is 26.4 Å². The molecular weight excluding hydrogens is 1410 g/mol. The van der Waals surface area contributed by atoms with Crippen LogP contribution in [0, 0.1) is 11.8 Å². The maximum absolute atomic E-state index is 13.2. The van der Waals surface area contributed by atoms with Gasteiger partial charge in [0.1, 0.15) is 19.3 Å². The number of phosphoric acid groups is 2. The molecule has 17 nitrogen and oxygen atoms in total. The lowest BCUT2D eigenvalue weighted by Crippen LogP contribution is -2.30. The van der Waals surface area contributed by atoms with Crippen LogP contribution in [0.2, 0.25) is 0 Å². The average molecular weight is 1590 g/mol. The number of rotatable bonds is 89. The van der Waals surface area contributed by atoms with Crippen LogP contribution in [0.3, 0.4) is 0 Å². The fourth-order valence-corrected chi connectivity index (χ4v) is 15.6. The third-order valence-corrected chi connectivity index (χ3v) is 23.8. The second kappa shape index (κ2) is 81.2. The van der Waals surface area contributed by atoms with E-state index in [-0.39, 0.29) is 25.7 Å². The maximum Gasteiger partial charge on any atom is 0.472 e. The molecule has 0 heterocycles. The van der Waals surface area contributed by atoms with Crippen molar-refractivity contribution in [3.05, 3.63) is 0 Å².